The molecule has 0 fully saturated rings. The van der Waals surface area contributed by atoms with Gasteiger partial charge in [0, 0.05) is 20.0 Å². The Morgan fingerprint density at radius 3 is 2.35 bits per heavy atom. The van der Waals surface area contributed by atoms with Crippen LogP contribution in [0.2, 0.25) is 0 Å². The van der Waals surface area contributed by atoms with Gasteiger partial charge in [-0.25, -0.2) is 0 Å². The van der Waals surface area contributed by atoms with Crippen LogP contribution in [0.5, 0.6) is 11.5 Å². The minimum atomic E-state index is 0.141. The summed E-state index contributed by atoms with van der Waals surface area (Å²) in [5.74, 6) is 1.68. The standard InChI is InChI=1S/C22H27NO3/c1-22(2,3)18-9-5-17(6-10-18)14-23(4)21(24)12-8-16-7-11-19-20(13-16)26-15-25-19/h5-7,9-11,13H,8,12,14-15H2,1-4H3. The molecular formula is C22H27NO3. The molecule has 0 atom stereocenters. The fourth-order valence-electron chi connectivity index (χ4n) is 3.01. The molecule has 0 spiro atoms. The average Bonchev–Trinajstić information content (AvgIpc) is 3.07. The van der Waals surface area contributed by atoms with E-state index in [0.29, 0.717) is 19.4 Å². The number of ether oxygens (including phenoxy) is 2. The Labute approximate surface area is 155 Å². The summed E-state index contributed by atoms with van der Waals surface area (Å²) in [6.07, 6.45) is 1.18. The molecule has 0 bridgehead atoms. The summed E-state index contributed by atoms with van der Waals surface area (Å²) in [6, 6.07) is 14.4. The van der Waals surface area contributed by atoms with Crippen molar-refractivity contribution in [2.24, 2.45) is 0 Å². The maximum atomic E-state index is 12.5. The monoisotopic (exact) mass is 353 g/mol. The molecule has 0 saturated carbocycles. The van der Waals surface area contributed by atoms with Crippen LogP contribution < -0.4 is 9.47 Å². The lowest BCUT2D eigenvalue weighted by Gasteiger charge is -2.21. The second kappa shape index (κ2) is 7.40. The number of hydrogen-bond donors (Lipinski definition) is 0. The van der Waals surface area contributed by atoms with Crippen molar-refractivity contribution in [2.75, 3.05) is 13.8 Å². The molecule has 4 heteroatoms. The second-order valence-electron chi connectivity index (χ2n) is 7.88. The summed E-state index contributed by atoms with van der Waals surface area (Å²) in [7, 11) is 1.86. The van der Waals surface area contributed by atoms with Crippen molar-refractivity contribution in [2.45, 2.75) is 45.6 Å². The van der Waals surface area contributed by atoms with Crippen molar-refractivity contribution >= 4 is 5.91 Å². The van der Waals surface area contributed by atoms with Gasteiger partial charge in [0.1, 0.15) is 0 Å². The third-order valence-corrected chi connectivity index (χ3v) is 4.73. The van der Waals surface area contributed by atoms with Crippen molar-refractivity contribution < 1.29 is 14.3 Å². The Balaban J connectivity index is 1.53. The number of carbonyl (C=O) groups is 1. The normalized spacial score (nSPS) is 12.9. The number of amides is 1. The van der Waals surface area contributed by atoms with Gasteiger partial charge in [0.25, 0.3) is 0 Å². The van der Waals surface area contributed by atoms with Crippen LogP contribution in [-0.2, 0) is 23.2 Å². The highest BCUT2D eigenvalue weighted by atomic mass is 16.7. The van der Waals surface area contributed by atoms with Crippen molar-refractivity contribution in [1.82, 2.24) is 4.90 Å². The molecule has 26 heavy (non-hydrogen) atoms. The van der Waals surface area contributed by atoms with Crippen LogP contribution in [0.1, 0.15) is 43.9 Å². The zero-order valence-corrected chi connectivity index (χ0v) is 16.0. The van der Waals surface area contributed by atoms with Gasteiger partial charge in [-0.1, -0.05) is 51.1 Å². The van der Waals surface area contributed by atoms with Crippen molar-refractivity contribution in [3.63, 3.8) is 0 Å². The van der Waals surface area contributed by atoms with Gasteiger partial charge in [-0.3, -0.25) is 4.79 Å². The number of aryl methyl sites for hydroxylation is 1. The molecule has 0 aromatic heterocycles. The zero-order chi connectivity index (χ0) is 18.7. The highest BCUT2D eigenvalue weighted by molar-refractivity contribution is 5.76. The molecule has 2 aromatic rings. The van der Waals surface area contributed by atoms with Gasteiger partial charge in [0.2, 0.25) is 12.7 Å². The molecule has 0 N–H and O–H groups in total. The summed E-state index contributed by atoms with van der Waals surface area (Å²) >= 11 is 0. The van der Waals surface area contributed by atoms with Crippen molar-refractivity contribution in [3.05, 3.63) is 59.2 Å². The average molecular weight is 353 g/mol. The summed E-state index contributed by atoms with van der Waals surface area (Å²) in [5.41, 5.74) is 3.69. The van der Waals surface area contributed by atoms with Crippen LogP contribution in [0.3, 0.4) is 0 Å². The Bertz CT molecular complexity index is 775. The molecular weight excluding hydrogens is 326 g/mol. The third-order valence-electron chi connectivity index (χ3n) is 4.73. The zero-order valence-electron chi connectivity index (χ0n) is 16.0. The van der Waals surface area contributed by atoms with E-state index in [0.717, 1.165) is 22.6 Å². The summed E-state index contributed by atoms with van der Waals surface area (Å²) in [4.78, 5) is 14.2. The van der Waals surface area contributed by atoms with Gasteiger partial charge >= 0.3 is 0 Å². The Hall–Kier alpha value is -2.49. The predicted molar refractivity (Wildman–Crippen MR) is 103 cm³/mol. The highest BCUT2D eigenvalue weighted by Crippen LogP contribution is 2.32. The van der Waals surface area contributed by atoms with E-state index in [2.05, 4.69) is 45.0 Å². The lowest BCUT2D eigenvalue weighted by molar-refractivity contribution is -0.130. The van der Waals surface area contributed by atoms with E-state index in [1.165, 1.54) is 5.56 Å². The van der Waals surface area contributed by atoms with Crippen LogP contribution in [0, 0.1) is 0 Å². The predicted octanol–water partition coefficient (Wildman–Crippen LogP) is 4.30. The quantitative estimate of drug-likeness (QED) is 0.804. The first kappa shape index (κ1) is 18.3. The highest BCUT2D eigenvalue weighted by Gasteiger charge is 2.16. The Morgan fingerprint density at radius 2 is 1.65 bits per heavy atom. The van der Waals surface area contributed by atoms with Gasteiger partial charge < -0.3 is 14.4 Å². The molecule has 1 aliphatic heterocycles. The smallest absolute Gasteiger partial charge is 0.231 e. The first-order valence-electron chi connectivity index (χ1n) is 9.05. The SMILES string of the molecule is CN(Cc1ccc(C(C)(C)C)cc1)C(=O)CCc1ccc2c(c1)OCO2. The topological polar surface area (TPSA) is 38.8 Å². The largest absolute Gasteiger partial charge is 0.454 e. The Morgan fingerprint density at radius 1 is 1.00 bits per heavy atom. The number of fused-ring (bicyclic) bond motifs is 1. The molecule has 0 radical (unpaired) electrons. The summed E-state index contributed by atoms with van der Waals surface area (Å²) in [6.45, 7) is 7.51. The molecule has 2 aromatic carbocycles. The molecule has 0 unspecified atom stereocenters. The fourth-order valence-corrected chi connectivity index (χ4v) is 3.01. The lowest BCUT2D eigenvalue weighted by atomic mass is 9.87. The molecule has 3 rings (SSSR count). The van der Waals surface area contributed by atoms with Crippen LogP contribution in [0.15, 0.2) is 42.5 Å². The maximum absolute atomic E-state index is 12.5. The first-order chi connectivity index (χ1) is 12.3. The van der Waals surface area contributed by atoms with E-state index >= 15 is 0 Å². The summed E-state index contributed by atoms with van der Waals surface area (Å²) in [5, 5.41) is 0. The lowest BCUT2D eigenvalue weighted by Crippen LogP contribution is -2.26. The third kappa shape index (κ3) is 4.37. The molecule has 1 heterocycles. The van der Waals surface area contributed by atoms with E-state index in [1.807, 2.05) is 25.2 Å². The molecule has 0 aliphatic carbocycles. The van der Waals surface area contributed by atoms with Gasteiger partial charge in [-0.05, 0) is 40.7 Å². The maximum Gasteiger partial charge on any atom is 0.231 e. The summed E-state index contributed by atoms with van der Waals surface area (Å²) < 4.78 is 10.7. The number of nitrogens with zero attached hydrogens (tertiary/aromatic N) is 1. The molecule has 4 nitrogen and oxygen atoms in total. The fraction of sp³-hybridized carbons (Fsp3) is 0.409. The number of benzene rings is 2. The van der Waals surface area contributed by atoms with E-state index in [9.17, 15) is 4.79 Å². The van der Waals surface area contributed by atoms with E-state index in [4.69, 9.17) is 9.47 Å². The molecule has 1 aliphatic rings. The Kier molecular flexibility index (Phi) is 5.21. The second-order valence-corrected chi connectivity index (χ2v) is 7.88. The number of hydrogen-bond acceptors (Lipinski definition) is 3. The van der Waals surface area contributed by atoms with Gasteiger partial charge in [0.05, 0.1) is 0 Å². The number of carbonyl (C=O) groups excluding carboxylic acids is 1. The van der Waals surface area contributed by atoms with Crippen LogP contribution in [-0.4, -0.2) is 24.6 Å². The van der Waals surface area contributed by atoms with Crippen LogP contribution >= 0.6 is 0 Å². The molecule has 138 valence electrons. The molecule has 1 amide bonds. The first-order valence-corrected chi connectivity index (χ1v) is 9.05. The van der Waals surface area contributed by atoms with Crippen LogP contribution in [0.25, 0.3) is 0 Å². The van der Waals surface area contributed by atoms with Gasteiger partial charge in [-0.15, -0.1) is 0 Å². The van der Waals surface area contributed by atoms with E-state index < -0.39 is 0 Å². The van der Waals surface area contributed by atoms with E-state index in [1.54, 1.807) is 4.90 Å². The van der Waals surface area contributed by atoms with E-state index in [-0.39, 0.29) is 18.1 Å². The minimum absolute atomic E-state index is 0.141. The van der Waals surface area contributed by atoms with Crippen LogP contribution in [0.4, 0.5) is 0 Å². The van der Waals surface area contributed by atoms with Crippen molar-refractivity contribution in [3.8, 4) is 11.5 Å². The van der Waals surface area contributed by atoms with Crippen molar-refractivity contribution in [1.29, 1.82) is 0 Å². The minimum Gasteiger partial charge on any atom is -0.454 e. The van der Waals surface area contributed by atoms with Gasteiger partial charge in [0.15, 0.2) is 11.5 Å². The molecule has 0 saturated heterocycles. The number of rotatable bonds is 5. The van der Waals surface area contributed by atoms with Gasteiger partial charge in [-0.2, -0.15) is 0 Å².